The molecule has 8 heteroatoms. The van der Waals surface area contributed by atoms with Gasteiger partial charge in [0.15, 0.2) is 0 Å². The molecule has 1 saturated heterocycles. The molecule has 2 heterocycles. The Morgan fingerprint density at radius 3 is 2.48 bits per heavy atom. The number of benzene rings is 2. The number of nitrogens with zero attached hydrogens (tertiary/aromatic N) is 3. The van der Waals surface area contributed by atoms with Crippen LogP contribution in [0.3, 0.4) is 0 Å². The van der Waals surface area contributed by atoms with E-state index in [0.717, 1.165) is 30.5 Å². The maximum absolute atomic E-state index is 13.0. The number of halogens is 1. The summed E-state index contributed by atoms with van der Waals surface area (Å²) in [6.07, 6.45) is 3.76. The fourth-order valence-corrected chi connectivity index (χ4v) is 3.77. The minimum atomic E-state index is -0.330. The first-order chi connectivity index (χ1) is 14.2. The van der Waals surface area contributed by atoms with Crippen molar-refractivity contribution in [3.05, 3.63) is 54.3 Å². The van der Waals surface area contributed by atoms with Crippen LogP contribution in [-0.4, -0.2) is 34.9 Å². The van der Waals surface area contributed by atoms with Gasteiger partial charge in [0.2, 0.25) is 11.8 Å². The van der Waals surface area contributed by atoms with Crippen LogP contribution < -0.4 is 10.2 Å². The molecule has 2 aromatic carbocycles. The first-order valence-electron chi connectivity index (χ1n) is 9.54. The van der Waals surface area contributed by atoms with Gasteiger partial charge in [0.25, 0.3) is 5.22 Å². The molecule has 0 spiro atoms. The molecule has 0 radical (unpaired) electrons. The van der Waals surface area contributed by atoms with E-state index in [4.69, 9.17) is 4.42 Å². The first kappa shape index (κ1) is 19.4. The number of rotatable bonds is 6. The van der Waals surface area contributed by atoms with E-state index in [0.29, 0.717) is 16.7 Å². The fourth-order valence-electron chi connectivity index (χ4n) is 3.21. The van der Waals surface area contributed by atoms with Crippen molar-refractivity contribution in [1.29, 1.82) is 0 Å². The monoisotopic (exact) mass is 412 g/mol. The Hall–Kier alpha value is -2.87. The Morgan fingerprint density at radius 1 is 1.03 bits per heavy atom. The number of hydrogen-bond donors (Lipinski definition) is 1. The molecule has 1 aliphatic heterocycles. The van der Waals surface area contributed by atoms with Crippen LogP contribution in [0.25, 0.3) is 11.5 Å². The van der Waals surface area contributed by atoms with Crippen molar-refractivity contribution >= 4 is 29.0 Å². The molecular weight excluding hydrogens is 391 g/mol. The second-order valence-electron chi connectivity index (χ2n) is 6.81. The predicted molar refractivity (Wildman–Crippen MR) is 112 cm³/mol. The summed E-state index contributed by atoms with van der Waals surface area (Å²) in [7, 11) is 0. The highest BCUT2D eigenvalue weighted by molar-refractivity contribution is 7.99. The van der Waals surface area contributed by atoms with Crippen molar-refractivity contribution in [2.24, 2.45) is 0 Å². The molecule has 3 aromatic rings. The Balaban J connectivity index is 1.28. The summed E-state index contributed by atoms with van der Waals surface area (Å²) in [4.78, 5) is 14.6. The van der Waals surface area contributed by atoms with Gasteiger partial charge in [-0.2, -0.15) is 0 Å². The van der Waals surface area contributed by atoms with E-state index >= 15 is 0 Å². The van der Waals surface area contributed by atoms with Gasteiger partial charge in [-0.3, -0.25) is 4.79 Å². The van der Waals surface area contributed by atoms with Crippen LogP contribution in [0.2, 0.25) is 0 Å². The molecule has 0 atom stereocenters. The number of nitrogens with one attached hydrogen (secondary N) is 1. The third-order valence-corrected chi connectivity index (χ3v) is 5.52. The quantitative estimate of drug-likeness (QED) is 0.597. The van der Waals surface area contributed by atoms with Crippen LogP contribution in [-0.2, 0) is 4.79 Å². The van der Waals surface area contributed by atoms with E-state index in [1.54, 1.807) is 12.1 Å². The van der Waals surface area contributed by atoms with Crippen molar-refractivity contribution in [1.82, 2.24) is 10.2 Å². The lowest BCUT2D eigenvalue weighted by molar-refractivity contribution is -0.113. The number of carbonyl (C=O) groups is 1. The molecular formula is C21H21FN4O2S. The number of carbonyl (C=O) groups excluding carboxylic acids is 1. The van der Waals surface area contributed by atoms with Crippen LogP contribution in [0.1, 0.15) is 19.3 Å². The molecule has 6 nitrogen and oxygen atoms in total. The Kier molecular flexibility index (Phi) is 6.09. The average Bonchev–Trinajstić information content (AvgIpc) is 3.23. The highest BCUT2D eigenvalue weighted by Gasteiger charge is 2.13. The average molecular weight is 412 g/mol. The Bertz CT molecular complexity index is 954. The minimum absolute atomic E-state index is 0.151. The van der Waals surface area contributed by atoms with Crippen molar-refractivity contribution in [2.45, 2.75) is 24.5 Å². The van der Waals surface area contributed by atoms with Gasteiger partial charge in [-0.1, -0.05) is 11.8 Å². The second kappa shape index (κ2) is 9.09. The summed E-state index contributed by atoms with van der Waals surface area (Å²) in [5, 5.41) is 11.0. The SMILES string of the molecule is O=C(CSc1nnc(-c2ccc(F)cc2)o1)Nc1ccc(N2CCCCC2)cc1. The van der Waals surface area contributed by atoms with Crippen molar-refractivity contribution in [3.8, 4) is 11.5 Å². The van der Waals surface area contributed by atoms with Crippen LogP contribution in [0.15, 0.2) is 58.2 Å². The van der Waals surface area contributed by atoms with E-state index in [1.807, 2.05) is 24.3 Å². The zero-order chi connectivity index (χ0) is 20.1. The van der Waals surface area contributed by atoms with Crippen molar-refractivity contribution < 1.29 is 13.6 Å². The number of aromatic nitrogens is 2. The number of anilines is 2. The van der Waals surface area contributed by atoms with E-state index in [-0.39, 0.29) is 17.5 Å². The Labute approximate surface area is 172 Å². The molecule has 1 aliphatic rings. The number of thioether (sulfide) groups is 1. The van der Waals surface area contributed by atoms with Crippen LogP contribution >= 0.6 is 11.8 Å². The summed E-state index contributed by atoms with van der Waals surface area (Å²) >= 11 is 1.16. The lowest BCUT2D eigenvalue weighted by Gasteiger charge is -2.28. The molecule has 0 bridgehead atoms. The Morgan fingerprint density at radius 2 is 1.76 bits per heavy atom. The number of amides is 1. The largest absolute Gasteiger partial charge is 0.411 e. The van der Waals surface area contributed by atoms with E-state index in [9.17, 15) is 9.18 Å². The third kappa shape index (κ3) is 5.14. The van der Waals surface area contributed by atoms with Gasteiger partial charge in [-0.15, -0.1) is 10.2 Å². The third-order valence-electron chi connectivity index (χ3n) is 4.70. The van der Waals surface area contributed by atoms with Crippen LogP contribution in [0.4, 0.5) is 15.8 Å². The minimum Gasteiger partial charge on any atom is -0.411 e. The molecule has 0 unspecified atom stereocenters. The van der Waals surface area contributed by atoms with E-state index < -0.39 is 0 Å². The maximum Gasteiger partial charge on any atom is 0.277 e. The smallest absolute Gasteiger partial charge is 0.277 e. The second-order valence-corrected chi connectivity index (χ2v) is 7.74. The summed E-state index contributed by atoms with van der Waals surface area (Å²) < 4.78 is 18.5. The fraction of sp³-hybridized carbons (Fsp3) is 0.286. The molecule has 29 heavy (non-hydrogen) atoms. The van der Waals surface area contributed by atoms with Gasteiger partial charge in [0, 0.05) is 30.0 Å². The highest BCUT2D eigenvalue weighted by Crippen LogP contribution is 2.24. The van der Waals surface area contributed by atoms with Gasteiger partial charge < -0.3 is 14.6 Å². The molecule has 1 aromatic heterocycles. The summed E-state index contributed by atoms with van der Waals surface area (Å²) in [5.41, 5.74) is 2.58. The van der Waals surface area contributed by atoms with Gasteiger partial charge >= 0.3 is 0 Å². The molecule has 1 N–H and O–H groups in total. The molecule has 0 aliphatic carbocycles. The summed E-state index contributed by atoms with van der Waals surface area (Å²) in [5.74, 6) is -0.0363. The van der Waals surface area contributed by atoms with Gasteiger partial charge in [-0.05, 0) is 67.8 Å². The van der Waals surface area contributed by atoms with Crippen LogP contribution in [0, 0.1) is 5.82 Å². The zero-order valence-corrected chi connectivity index (χ0v) is 16.6. The van der Waals surface area contributed by atoms with Crippen LogP contribution in [0.5, 0.6) is 0 Å². The molecule has 1 fully saturated rings. The van der Waals surface area contributed by atoms with E-state index in [2.05, 4.69) is 20.4 Å². The summed E-state index contributed by atoms with van der Waals surface area (Å²) in [6, 6.07) is 13.7. The van der Waals surface area contributed by atoms with E-state index in [1.165, 1.54) is 37.1 Å². The molecule has 0 saturated carbocycles. The molecule has 4 rings (SSSR count). The number of hydrogen-bond acceptors (Lipinski definition) is 6. The van der Waals surface area contributed by atoms with Gasteiger partial charge in [0.05, 0.1) is 5.75 Å². The van der Waals surface area contributed by atoms with Gasteiger partial charge in [0.1, 0.15) is 5.82 Å². The number of piperidine rings is 1. The lowest BCUT2D eigenvalue weighted by atomic mass is 10.1. The molecule has 1 amide bonds. The predicted octanol–water partition coefficient (Wildman–Crippen LogP) is 4.60. The van der Waals surface area contributed by atoms with Crippen molar-refractivity contribution in [3.63, 3.8) is 0 Å². The topological polar surface area (TPSA) is 71.3 Å². The standard InChI is InChI=1S/C21H21FN4O2S/c22-16-6-4-15(5-7-16)20-24-25-21(28-20)29-14-19(27)23-17-8-10-18(11-9-17)26-12-2-1-3-13-26/h4-11H,1-3,12-14H2,(H,23,27). The normalized spacial score (nSPS) is 14.0. The molecule has 150 valence electrons. The lowest BCUT2D eigenvalue weighted by Crippen LogP contribution is -2.29. The van der Waals surface area contributed by atoms with Crippen molar-refractivity contribution in [2.75, 3.05) is 29.1 Å². The first-order valence-corrected chi connectivity index (χ1v) is 10.5. The highest BCUT2D eigenvalue weighted by atomic mass is 32.2. The zero-order valence-electron chi connectivity index (χ0n) is 15.8. The maximum atomic E-state index is 13.0. The van der Waals surface area contributed by atoms with Gasteiger partial charge in [-0.25, -0.2) is 4.39 Å². The summed E-state index contributed by atoms with van der Waals surface area (Å²) in [6.45, 7) is 2.18.